The van der Waals surface area contributed by atoms with E-state index in [0.29, 0.717) is 22.9 Å². The highest BCUT2D eigenvalue weighted by molar-refractivity contribution is 5.13. The smallest absolute Gasteiger partial charge is 0.00963 e. The lowest BCUT2D eigenvalue weighted by molar-refractivity contribution is -0.115. The summed E-state index contributed by atoms with van der Waals surface area (Å²) in [5.41, 5.74) is 8.16. The maximum Gasteiger partial charge on any atom is 0.00963 e. The molecule has 0 radical (unpaired) electrons. The molecule has 0 aromatic rings. The van der Waals surface area contributed by atoms with E-state index in [9.17, 15) is 0 Å². The van der Waals surface area contributed by atoms with Gasteiger partial charge < -0.3 is 11.1 Å². The predicted octanol–water partition coefficient (Wildman–Crippen LogP) is 6.00. The lowest BCUT2D eigenvalue weighted by Crippen LogP contribution is -2.54. The summed E-state index contributed by atoms with van der Waals surface area (Å²) < 4.78 is 0. The van der Waals surface area contributed by atoms with Gasteiger partial charge in [0.1, 0.15) is 0 Å². The maximum absolute atomic E-state index is 7.02. The van der Waals surface area contributed by atoms with Crippen LogP contribution >= 0.6 is 0 Å². The van der Waals surface area contributed by atoms with E-state index in [4.69, 9.17) is 5.73 Å². The average molecular weight is 401 g/mol. The van der Waals surface area contributed by atoms with Gasteiger partial charge >= 0.3 is 0 Å². The molecule has 0 aromatic heterocycles. The van der Waals surface area contributed by atoms with Crippen LogP contribution in [0, 0.1) is 52.3 Å². The molecular weight excluding hydrogens is 352 g/mol. The maximum atomic E-state index is 7.02. The van der Waals surface area contributed by atoms with E-state index in [1.165, 1.54) is 77.2 Å². The summed E-state index contributed by atoms with van der Waals surface area (Å²) in [7, 11) is 0. The number of hydrogen-bond donors (Lipinski definition) is 2. The Morgan fingerprint density at radius 2 is 1.72 bits per heavy atom. The van der Waals surface area contributed by atoms with Crippen LogP contribution < -0.4 is 11.1 Å². The number of hydrogen-bond acceptors (Lipinski definition) is 2. The van der Waals surface area contributed by atoms with Crippen molar-refractivity contribution in [2.75, 3.05) is 6.54 Å². The number of nitrogens with one attached hydrogen (secondary N) is 1. The molecule has 5 fully saturated rings. The second kappa shape index (κ2) is 7.51. The Morgan fingerprint density at radius 1 is 0.897 bits per heavy atom. The Labute approximate surface area is 180 Å². The lowest BCUT2D eigenvalue weighted by atomic mass is 9.44. The van der Waals surface area contributed by atoms with Gasteiger partial charge in [-0.25, -0.2) is 0 Å². The van der Waals surface area contributed by atoms with Crippen molar-refractivity contribution in [2.45, 2.75) is 110 Å². The number of fused-ring (bicyclic) bond motifs is 5. The molecular formula is C27H48N2. The molecule has 0 amide bonds. The SMILES string of the molecule is C[C@H]1CC[C@H]([C@@H](C)[C@H]2[C@@H](N)C[C@H]3[C@@H]4CCC5CCCC[C@]5(C)[C@H]4CC[C@]23C)NC1. The van der Waals surface area contributed by atoms with Crippen molar-refractivity contribution in [1.82, 2.24) is 5.32 Å². The molecule has 4 saturated carbocycles. The summed E-state index contributed by atoms with van der Waals surface area (Å²) in [6, 6.07) is 1.12. The Kier molecular flexibility index (Phi) is 5.38. The van der Waals surface area contributed by atoms with Gasteiger partial charge in [0.15, 0.2) is 0 Å². The van der Waals surface area contributed by atoms with E-state index in [1.54, 1.807) is 0 Å². The van der Waals surface area contributed by atoms with Crippen LogP contribution in [0.3, 0.4) is 0 Å². The molecule has 1 heterocycles. The quantitative estimate of drug-likeness (QED) is 0.597. The van der Waals surface area contributed by atoms with E-state index in [-0.39, 0.29) is 0 Å². The molecule has 5 rings (SSSR count). The van der Waals surface area contributed by atoms with Crippen LogP contribution in [-0.4, -0.2) is 18.6 Å². The summed E-state index contributed by atoms with van der Waals surface area (Å²) in [5, 5.41) is 3.92. The van der Waals surface area contributed by atoms with E-state index >= 15 is 0 Å². The van der Waals surface area contributed by atoms with Gasteiger partial charge in [0, 0.05) is 12.1 Å². The van der Waals surface area contributed by atoms with Crippen molar-refractivity contribution in [2.24, 2.45) is 58.0 Å². The van der Waals surface area contributed by atoms with Crippen molar-refractivity contribution < 1.29 is 0 Å². The molecule has 166 valence electrons. The van der Waals surface area contributed by atoms with Crippen LogP contribution in [0.2, 0.25) is 0 Å². The second-order valence-electron chi connectivity index (χ2n) is 12.9. The molecule has 2 nitrogen and oxygen atoms in total. The standard InChI is InChI=1S/C27H48N2/c1-17-8-11-24(29-16-17)18(2)25-23(28)15-22-20-10-9-19-7-5-6-13-26(19,3)21(20)12-14-27(22,25)4/h17-25,29H,5-16,28H2,1-4H3/t17-,18+,19?,20+,21-,22-,23-,24+,25-,26-,27-/m0/s1. The monoisotopic (exact) mass is 400 g/mol. The number of nitrogens with two attached hydrogens (primary N) is 1. The molecule has 3 N–H and O–H groups in total. The Bertz CT molecular complexity index is 595. The third kappa shape index (κ3) is 3.17. The van der Waals surface area contributed by atoms with Gasteiger partial charge in [0.05, 0.1) is 0 Å². The van der Waals surface area contributed by atoms with Gasteiger partial charge in [0.2, 0.25) is 0 Å². The molecule has 1 aliphatic heterocycles. The number of rotatable bonds is 2. The van der Waals surface area contributed by atoms with E-state index < -0.39 is 0 Å². The summed E-state index contributed by atoms with van der Waals surface area (Å²) >= 11 is 0. The van der Waals surface area contributed by atoms with Crippen LogP contribution in [0.25, 0.3) is 0 Å². The van der Waals surface area contributed by atoms with Gasteiger partial charge in [-0.2, -0.15) is 0 Å². The highest BCUT2D eigenvalue weighted by Gasteiger charge is 2.62. The highest BCUT2D eigenvalue weighted by atomic mass is 14.9. The minimum absolute atomic E-state index is 0.428. The molecule has 11 atom stereocenters. The molecule has 4 aliphatic carbocycles. The van der Waals surface area contributed by atoms with Crippen LogP contribution in [0.15, 0.2) is 0 Å². The molecule has 0 aromatic carbocycles. The third-order valence-electron chi connectivity index (χ3n) is 11.7. The zero-order chi connectivity index (χ0) is 20.4. The summed E-state index contributed by atoms with van der Waals surface area (Å²) in [5.74, 6) is 6.18. The van der Waals surface area contributed by atoms with Crippen LogP contribution in [0.1, 0.15) is 98.3 Å². The van der Waals surface area contributed by atoms with Crippen LogP contribution in [-0.2, 0) is 0 Å². The largest absolute Gasteiger partial charge is 0.327 e. The van der Waals surface area contributed by atoms with Gasteiger partial charge in [-0.05, 0) is 117 Å². The Morgan fingerprint density at radius 3 is 2.48 bits per heavy atom. The fourth-order valence-electron chi connectivity index (χ4n) is 10.1. The molecule has 1 unspecified atom stereocenters. The van der Waals surface area contributed by atoms with Crippen molar-refractivity contribution in [3.05, 3.63) is 0 Å². The third-order valence-corrected chi connectivity index (χ3v) is 11.7. The van der Waals surface area contributed by atoms with E-state index in [0.717, 1.165) is 41.4 Å². The molecule has 29 heavy (non-hydrogen) atoms. The van der Waals surface area contributed by atoms with Gasteiger partial charge in [-0.1, -0.05) is 40.5 Å². The number of piperidine rings is 1. The average Bonchev–Trinajstić information content (AvgIpc) is 2.97. The van der Waals surface area contributed by atoms with E-state index in [1.807, 2.05) is 0 Å². The molecule has 0 spiro atoms. The first-order valence-corrected chi connectivity index (χ1v) is 13.3. The van der Waals surface area contributed by atoms with Gasteiger partial charge in [-0.15, -0.1) is 0 Å². The van der Waals surface area contributed by atoms with Crippen molar-refractivity contribution in [1.29, 1.82) is 0 Å². The first-order valence-electron chi connectivity index (χ1n) is 13.3. The zero-order valence-electron chi connectivity index (χ0n) is 19.8. The lowest BCUT2D eigenvalue weighted by Gasteiger charge is -2.61. The topological polar surface area (TPSA) is 38.0 Å². The highest BCUT2D eigenvalue weighted by Crippen LogP contribution is 2.68. The molecule has 5 aliphatic rings. The summed E-state index contributed by atoms with van der Waals surface area (Å²) in [6.07, 6.45) is 16.1. The minimum Gasteiger partial charge on any atom is -0.327 e. The summed E-state index contributed by atoms with van der Waals surface area (Å²) in [6.45, 7) is 11.6. The molecule has 2 heteroatoms. The normalized spacial score (nSPS) is 56.2. The fourth-order valence-corrected chi connectivity index (χ4v) is 10.1. The van der Waals surface area contributed by atoms with E-state index in [2.05, 4.69) is 33.0 Å². The fraction of sp³-hybridized carbons (Fsp3) is 1.00. The molecule has 0 bridgehead atoms. The first-order chi connectivity index (χ1) is 13.8. The minimum atomic E-state index is 0.428. The van der Waals surface area contributed by atoms with Crippen LogP contribution in [0.4, 0.5) is 0 Å². The van der Waals surface area contributed by atoms with Crippen molar-refractivity contribution in [3.8, 4) is 0 Å². The van der Waals surface area contributed by atoms with Crippen molar-refractivity contribution in [3.63, 3.8) is 0 Å². The Balaban J connectivity index is 1.37. The predicted molar refractivity (Wildman–Crippen MR) is 123 cm³/mol. The second-order valence-corrected chi connectivity index (χ2v) is 12.9. The zero-order valence-corrected chi connectivity index (χ0v) is 19.8. The van der Waals surface area contributed by atoms with Crippen molar-refractivity contribution >= 4 is 0 Å². The van der Waals surface area contributed by atoms with Gasteiger partial charge in [-0.3, -0.25) is 0 Å². The Hall–Kier alpha value is -0.0800. The summed E-state index contributed by atoms with van der Waals surface area (Å²) in [4.78, 5) is 0. The molecule has 1 saturated heterocycles. The van der Waals surface area contributed by atoms with Crippen LogP contribution in [0.5, 0.6) is 0 Å². The van der Waals surface area contributed by atoms with Gasteiger partial charge in [0.25, 0.3) is 0 Å². The first kappa shape index (κ1) is 20.8.